The maximum atomic E-state index is 12.6. The van der Waals surface area contributed by atoms with Gasteiger partial charge < -0.3 is 14.7 Å². The Hall–Kier alpha value is -1.52. The van der Waals surface area contributed by atoms with Gasteiger partial charge in [0.2, 0.25) is 0 Å². The molecule has 1 aliphatic carbocycles. The van der Waals surface area contributed by atoms with Crippen LogP contribution in [-0.2, 0) is 6.42 Å². The largest absolute Gasteiger partial charge is 0.361 e. The van der Waals surface area contributed by atoms with Gasteiger partial charge in [-0.05, 0) is 32.1 Å². The van der Waals surface area contributed by atoms with Crippen LogP contribution in [0.2, 0.25) is 0 Å². The molecule has 1 aromatic rings. The monoisotopic (exact) mass is 305 g/mol. The highest BCUT2D eigenvalue weighted by molar-refractivity contribution is 5.75. The molecule has 122 valence electrons. The number of carbonyl (C=O) groups excluding carboxylic acids is 1. The van der Waals surface area contributed by atoms with E-state index < -0.39 is 0 Å². The van der Waals surface area contributed by atoms with Crippen molar-refractivity contribution in [1.82, 2.24) is 15.4 Å². The average molecular weight is 305 g/mol. The van der Waals surface area contributed by atoms with Crippen molar-refractivity contribution >= 4 is 6.03 Å². The second-order valence-corrected chi connectivity index (χ2v) is 6.60. The normalized spacial score (nSPS) is 23.0. The Morgan fingerprint density at radius 1 is 1.32 bits per heavy atom. The number of hydrogen-bond donors (Lipinski definition) is 1. The van der Waals surface area contributed by atoms with Gasteiger partial charge in [0.25, 0.3) is 0 Å². The molecule has 1 saturated carbocycles. The van der Waals surface area contributed by atoms with E-state index in [1.807, 2.05) is 11.0 Å². The summed E-state index contributed by atoms with van der Waals surface area (Å²) in [6, 6.07) is 2.54. The summed E-state index contributed by atoms with van der Waals surface area (Å²) in [5.41, 5.74) is 0.916. The minimum Gasteiger partial charge on any atom is -0.361 e. The zero-order valence-electron chi connectivity index (χ0n) is 13.5. The Balaban J connectivity index is 1.62. The highest BCUT2D eigenvalue weighted by Crippen LogP contribution is 2.32. The lowest BCUT2D eigenvalue weighted by Crippen LogP contribution is -2.45. The fourth-order valence-electron chi connectivity index (χ4n) is 3.67. The standard InChI is InChI=1S/C17H27N3O2/c1-2-7-14-12-15(19-22-14)16-10-6-11-20(16)17(21)18-13-8-4-3-5-9-13/h12-13,16H,2-11H2,1H3,(H,18,21). The van der Waals surface area contributed by atoms with Crippen LogP contribution in [0.25, 0.3) is 0 Å². The van der Waals surface area contributed by atoms with Gasteiger partial charge in [-0.2, -0.15) is 0 Å². The minimum atomic E-state index is 0.0782. The van der Waals surface area contributed by atoms with Crippen molar-refractivity contribution < 1.29 is 9.32 Å². The van der Waals surface area contributed by atoms with Crippen LogP contribution in [0.3, 0.4) is 0 Å². The molecule has 22 heavy (non-hydrogen) atoms. The molecule has 1 aromatic heterocycles. The fraction of sp³-hybridized carbons (Fsp3) is 0.765. The Kier molecular flexibility index (Phi) is 5.01. The molecule has 0 radical (unpaired) electrons. The van der Waals surface area contributed by atoms with E-state index in [1.165, 1.54) is 19.3 Å². The van der Waals surface area contributed by atoms with Gasteiger partial charge in [-0.3, -0.25) is 0 Å². The van der Waals surface area contributed by atoms with E-state index in [0.29, 0.717) is 6.04 Å². The van der Waals surface area contributed by atoms with E-state index in [9.17, 15) is 4.79 Å². The lowest BCUT2D eigenvalue weighted by Gasteiger charge is -2.28. The van der Waals surface area contributed by atoms with Crippen molar-refractivity contribution in [3.63, 3.8) is 0 Å². The van der Waals surface area contributed by atoms with E-state index in [-0.39, 0.29) is 12.1 Å². The molecular formula is C17H27N3O2. The number of carbonyl (C=O) groups is 1. The molecule has 1 unspecified atom stereocenters. The van der Waals surface area contributed by atoms with Crippen LogP contribution in [0.5, 0.6) is 0 Å². The number of nitrogens with zero attached hydrogens (tertiary/aromatic N) is 2. The van der Waals surface area contributed by atoms with Crippen molar-refractivity contribution in [2.75, 3.05) is 6.54 Å². The number of rotatable bonds is 4. The zero-order chi connectivity index (χ0) is 15.4. The molecule has 1 N–H and O–H groups in total. The second-order valence-electron chi connectivity index (χ2n) is 6.60. The Labute approximate surface area is 132 Å². The molecule has 0 bridgehead atoms. The lowest BCUT2D eigenvalue weighted by atomic mass is 9.96. The summed E-state index contributed by atoms with van der Waals surface area (Å²) in [6.45, 7) is 2.95. The first kappa shape index (κ1) is 15.4. The van der Waals surface area contributed by atoms with Gasteiger partial charge in [-0.25, -0.2) is 4.79 Å². The van der Waals surface area contributed by atoms with Crippen LogP contribution in [0, 0.1) is 0 Å². The van der Waals surface area contributed by atoms with E-state index in [1.54, 1.807) is 0 Å². The molecule has 2 fully saturated rings. The Bertz CT molecular complexity index is 494. The minimum absolute atomic E-state index is 0.0782. The third-order valence-electron chi connectivity index (χ3n) is 4.86. The molecule has 1 saturated heterocycles. The number of nitrogens with one attached hydrogen (secondary N) is 1. The van der Waals surface area contributed by atoms with Gasteiger partial charge in [-0.15, -0.1) is 0 Å². The summed E-state index contributed by atoms with van der Waals surface area (Å²) in [7, 11) is 0. The summed E-state index contributed by atoms with van der Waals surface area (Å²) >= 11 is 0. The average Bonchev–Trinajstić information content (AvgIpc) is 3.17. The Morgan fingerprint density at radius 3 is 2.91 bits per heavy atom. The zero-order valence-corrected chi connectivity index (χ0v) is 13.5. The number of amides is 2. The van der Waals surface area contributed by atoms with E-state index in [0.717, 1.165) is 56.5 Å². The molecule has 2 heterocycles. The molecule has 5 nitrogen and oxygen atoms in total. The quantitative estimate of drug-likeness (QED) is 0.920. The van der Waals surface area contributed by atoms with Gasteiger partial charge in [0.1, 0.15) is 11.5 Å². The molecule has 2 aliphatic rings. The fourth-order valence-corrected chi connectivity index (χ4v) is 3.67. The van der Waals surface area contributed by atoms with Crippen molar-refractivity contribution in [3.05, 3.63) is 17.5 Å². The van der Waals surface area contributed by atoms with Gasteiger partial charge in [0.15, 0.2) is 0 Å². The number of aromatic nitrogens is 1. The maximum absolute atomic E-state index is 12.6. The highest BCUT2D eigenvalue weighted by Gasteiger charge is 2.33. The molecular weight excluding hydrogens is 278 g/mol. The maximum Gasteiger partial charge on any atom is 0.318 e. The smallest absolute Gasteiger partial charge is 0.318 e. The van der Waals surface area contributed by atoms with E-state index >= 15 is 0 Å². The summed E-state index contributed by atoms with van der Waals surface area (Å²) < 4.78 is 5.39. The molecule has 0 spiro atoms. The molecule has 1 atom stereocenters. The number of likely N-dealkylation sites (tertiary alicyclic amines) is 1. The van der Waals surface area contributed by atoms with Crippen molar-refractivity contribution in [2.24, 2.45) is 0 Å². The van der Waals surface area contributed by atoms with Crippen LogP contribution in [0.1, 0.15) is 75.8 Å². The lowest BCUT2D eigenvalue weighted by molar-refractivity contribution is 0.183. The van der Waals surface area contributed by atoms with Gasteiger partial charge in [0, 0.05) is 25.1 Å². The van der Waals surface area contributed by atoms with Crippen LogP contribution in [0.4, 0.5) is 4.79 Å². The van der Waals surface area contributed by atoms with E-state index in [2.05, 4.69) is 17.4 Å². The van der Waals surface area contributed by atoms with Crippen molar-refractivity contribution in [3.8, 4) is 0 Å². The molecule has 0 aromatic carbocycles. The predicted molar refractivity (Wildman–Crippen MR) is 84.6 cm³/mol. The van der Waals surface area contributed by atoms with Crippen LogP contribution in [-0.4, -0.2) is 28.7 Å². The van der Waals surface area contributed by atoms with Crippen LogP contribution < -0.4 is 5.32 Å². The van der Waals surface area contributed by atoms with Gasteiger partial charge in [0.05, 0.1) is 6.04 Å². The van der Waals surface area contributed by atoms with Crippen LogP contribution >= 0.6 is 0 Å². The van der Waals surface area contributed by atoms with Gasteiger partial charge >= 0.3 is 6.03 Å². The third kappa shape index (κ3) is 3.45. The SMILES string of the molecule is CCCc1cc(C2CCCN2C(=O)NC2CCCCC2)no1. The molecule has 3 rings (SSSR count). The van der Waals surface area contributed by atoms with Crippen molar-refractivity contribution in [2.45, 2.75) is 76.8 Å². The van der Waals surface area contributed by atoms with Crippen LogP contribution in [0.15, 0.2) is 10.6 Å². The summed E-state index contributed by atoms with van der Waals surface area (Å²) in [5.74, 6) is 0.928. The topological polar surface area (TPSA) is 58.4 Å². The third-order valence-corrected chi connectivity index (χ3v) is 4.86. The first-order valence-electron chi connectivity index (χ1n) is 8.80. The molecule has 2 amide bonds. The summed E-state index contributed by atoms with van der Waals surface area (Å²) in [4.78, 5) is 14.5. The highest BCUT2D eigenvalue weighted by atomic mass is 16.5. The molecule has 1 aliphatic heterocycles. The summed E-state index contributed by atoms with van der Waals surface area (Å²) in [5, 5.41) is 7.42. The molecule has 5 heteroatoms. The van der Waals surface area contributed by atoms with E-state index in [4.69, 9.17) is 4.52 Å². The second kappa shape index (κ2) is 7.16. The summed E-state index contributed by atoms with van der Waals surface area (Å²) in [6.07, 6.45) is 9.99. The number of hydrogen-bond acceptors (Lipinski definition) is 3. The predicted octanol–water partition coefficient (Wildman–Crippen LogP) is 3.81. The van der Waals surface area contributed by atoms with Gasteiger partial charge in [-0.1, -0.05) is 31.3 Å². The number of urea groups is 1. The van der Waals surface area contributed by atoms with Crippen molar-refractivity contribution in [1.29, 1.82) is 0 Å². The Morgan fingerprint density at radius 2 is 2.14 bits per heavy atom. The first-order valence-corrected chi connectivity index (χ1v) is 8.80. The first-order chi connectivity index (χ1) is 10.8. The number of aryl methyl sites for hydroxylation is 1.